The Balaban J connectivity index is 4.21. The van der Waals surface area contributed by atoms with Crippen molar-refractivity contribution in [1.29, 1.82) is 0 Å². The number of phosphoric ester groups is 1. The normalized spacial score (nSPS) is 13.8. The minimum absolute atomic E-state index is 0.0361. The lowest BCUT2D eigenvalue weighted by Crippen LogP contribution is -2.37. The molecule has 0 aromatic rings. The fourth-order valence-electron chi connectivity index (χ4n) is 7.74. The summed E-state index contributed by atoms with van der Waals surface area (Å²) in [5, 5.41) is 0. The minimum atomic E-state index is -4.64. The zero-order chi connectivity index (χ0) is 49.9. The predicted molar refractivity (Wildman–Crippen MR) is 287 cm³/mol. The number of phosphoric acid groups is 1. The number of quaternary nitrogens is 1. The third-order valence-corrected chi connectivity index (χ3v) is 13.0. The second-order valence-electron chi connectivity index (χ2n) is 19.9. The molecule has 0 aliphatic rings. The number of nitrogens with zero attached hydrogens (tertiary/aromatic N) is 1. The summed E-state index contributed by atoms with van der Waals surface area (Å²) in [6.45, 7) is 4.13. The lowest BCUT2D eigenvalue weighted by molar-refractivity contribution is -0.870. The number of likely N-dealkylation sites (N-methyl/N-ethyl adjacent to an activating group) is 1. The van der Waals surface area contributed by atoms with E-state index in [0.717, 1.165) is 83.5 Å². The van der Waals surface area contributed by atoms with E-state index in [1.54, 1.807) is 0 Å². The highest BCUT2D eigenvalue weighted by Gasteiger charge is 2.21. The van der Waals surface area contributed by atoms with E-state index >= 15 is 0 Å². The maximum absolute atomic E-state index is 12.8. The molecule has 10 heteroatoms. The number of unbranched alkanes of at least 4 members (excludes halogenated alkanes) is 27. The number of carbonyl (C=O) groups excluding carboxylic acids is 2. The summed E-state index contributed by atoms with van der Waals surface area (Å²) in [7, 11) is 1.15. The van der Waals surface area contributed by atoms with Crippen LogP contribution in [0.4, 0.5) is 0 Å². The first-order valence-corrected chi connectivity index (χ1v) is 29.5. The van der Waals surface area contributed by atoms with Crippen molar-refractivity contribution < 1.29 is 42.1 Å². The van der Waals surface area contributed by atoms with Gasteiger partial charge in [0.15, 0.2) is 6.10 Å². The van der Waals surface area contributed by atoms with E-state index in [0.29, 0.717) is 17.4 Å². The van der Waals surface area contributed by atoms with Crippen LogP contribution in [0.25, 0.3) is 0 Å². The van der Waals surface area contributed by atoms with Gasteiger partial charge in [0, 0.05) is 12.8 Å². The highest BCUT2D eigenvalue weighted by molar-refractivity contribution is 7.45. The van der Waals surface area contributed by atoms with Gasteiger partial charge in [-0.2, -0.15) is 0 Å². The van der Waals surface area contributed by atoms with Gasteiger partial charge in [-0.3, -0.25) is 14.2 Å². The van der Waals surface area contributed by atoms with Crippen molar-refractivity contribution in [1.82, 2.24) is 0 Å². The Hall–Kier alpha value is -2.29. The molecule has 0 rings (SSSR count). The SMILES string of the molecule is CC/C=C\C/C=C\C/C=C\C/C=C\C/C=C\CCCCCCCC(=O)OC(COC(=O)CCCCCCCCCCCCCCCCCCCCCCCCC)COP(=O)([O-])OCC[N+](C)(C)C. The molecule has 0 amide bonds. The van der Waals surface area contributed by atoms with Crippen LogP contribution in [0.15, 0.2) is 60.8 Å². The molecule has 0 fully saturated rings. The van der Waals surface area contributed by atoms with Crippen molar-refractivity contribution >= 4 is 19.8 Å². The van der Waals surface area contributed by atoms with Gasteiger partial charge in [0.1, 0.15) is 19.8 Å². The standard InChI is InChI=1S/C58H106NO8P/c1-6-8-10-12-14-16-18-20-22-24-26-28-29-31-32-34-36-38-40-42-44-46-48-50-57(60)64-54-56(55-66-68(62,63)65-53-52-59(3,4)5)67-58(61)51-49-47-45-43-41-39-37-35-33-30-27-25-23-21-19-17-15-13-11-9-7-2/h9,11,15,17,21,23,27,30,35,37,56H,6-8,10,12-14,16,18-20,22,24-26,28-29,31-34,36,38-55H2,1-5H3/b11-9-,17-15-,23-21-,30-27-,37-35-. The molecule has 2 atom stereocenters. The molecule has 0 aliphatic carbocycles. The topological polar surface area (TPSA) is 111 Å². The Morgan fingerprint density at radius 3 is 1.25 bits per heavy atom. The van der Waals surface area contributed by atoms with Crippen molar-refractivity contribution in [2.75, 3.05) is 47.5 Å². The molecule has 0 aliphatic heterocycles. The van der Waals surface area contributed by atoms with Gasteiger partial charge in [0.25, 0.3) is 7.82 Å². The Morgan fingerprint density at radius 1 is 0.471 bits per heavy atom. The molecule has 0 N–H and O–H groups in total. The lowest BCUT2D eigenvalue weighted by Gasteiger charge is -2.28. The van der Waals surface area contributed by atoms with Crippen LogP contribution in [0.3, 0.4) is 0 Å². The van der Waals surface area contributed by atoms with Gasteiger partial charge in [0.05, 0.1) is 27.7 Å². The number of ether oxygens (including phenoxy) is 2. The van der Waals surface area contributed by atoms with Crippen molar-refractivity contribution in [2.45, 2.75) is 251 Å². The predicted octanol–water partition coefficient (Wildman–Crippen LogP) is 16.5. The van der Waals surface area contributed by atoms with Crippen LogP contribution in [0.1, 0.15) is 245 Å². The van der Waals surface area contributed by atoms with Crippen LogP contribution < -0.4 is 4.89 Å². The molecule has 0 saturated heterocycles. The third-order valence-electron chi connectivity index (χ3n) is 12.1. The van der Waals surface area contributed by atoms with E-state index in [9.17, 15) is 19.0 Å². The molecule has 0 bridgehead atoms. The highest BCUT2D eigenvalue weighted by Crippen LogP contribution is 2.38. The lowest BCUT2D eigenvalue weighted by atomic mass is 10.0. The largest absolute Gasteiger partial charge is 0.756 e. The third kappa shape index (κ3) is 53.1. The van der Waals surface area contributed by atoms with Gasteiger partial charge in [-0.15, -0.1) is 0 Å². The molecule has 0 aromatic carbocycles. The zero-order valence-electron chi connectivity index (χ0n) is 44.8. The summed E-state index contributed by atoms with van der Waals surface area (Å²) in [4.78, 5) is 37.8. The highest BCUT2D eigenvalue weighted by atomic mass is 31.2. The molecule has 0 spiro atoms. The number of rotatable bonds is 51. The zero-order valence-corrected chi connectivity index (χ0v) is 45.7. The molecule has 68 heavy (non-hydrogen) atoms. The molecular formula is C58H106NO8P. The number of hydrogen-bond acceptors (Lipinski definition) is 8. The Labute approximate surface area is 419 Å². The Morgan fingerprint density at radius 2 is 0.838 bits per heavy atom. The smallest absolute Gasteiger partial charge is 0.306 e. The Bertz CT molecular complexity index is 1340. The van der Waals surface area contributed by atoms with Gasteiger partial charge in [0.2, 0.25) is 0 Å². The van der Waals surface area contributed by atoms with Crippen LogP contribution in [-0.2, 0) is 32.7 Å². The van der Waals surface area contributed by atoms with Crippen molar-refractivity contribution in [3.63, 3.8) is 0 Å². The van der Waals surface area contributed by atoms with E-state index in [1.165, 1.54) is 128 Å². The average Bonchev–Trinajstić information content (AvgIpc) is 3.30. The summed E-state index contributed by atoms with van der Waals surface area (Å²) in [5.74, 6) is -0.849. The average molecular weight is 976 g/mol. The van der Waals surface area contributed by atoms with Gasteiger partial charge >= 0.3 is 11.9 Å². The first-order valence-electron chi connectivity index (χ1n) is 28.0. The molecule has 396 valence electrons. The van der Waals surface area contributed by atoms with E-state index in [1.807, 2.05) is 21.1 Å². The fourth-order valence-corrected chi connectivity index (χ4v) is 8.47. The second kappa shape index (κ2) is 49.7. The monoisotopic (exact) mass is 976 g/mol. The van der Waals surface area contributed by atoms with Gasteiger partial charge in [-0.25, -0.2) is 0 Å². The summed E-state index contributed by atoms with van der Waals surface area (Å²) in [6.07, 6.45) is 62.6. The molecular weight excluding hydrogens is 870 g/mol. The first-order chi connectivity index (χ1) is 33.0. The maximum Gasteiger partial charge on any atom is 0.306 e. The molecule has 0 radical (unpaired) electrons. The van der Waals surface area contributed by atoms with Crippen molar-refractivity contribution in [3.05, 3.63) is 60.8 Å². The Kier molecular flexibility index (Phi) is 48.0. The summed E-state index contributed by atoms with van der Waals surface area (Å²) >= 11 is 0. The van der Waals surface area contributed by atoms with E-state index in [4.69, 9.17) is 18.5 Å². The molecule has 9 nitrogen and oxygen atoms in total. The van der Waals surface area contributed by atoms with Crippen molar-refractivity contribution in [2.24, 2.45) is 0 Å². The van der Waals surface area contributed by atoms with Gasteiger partial charge in [-0.1, -0.05) is 235 Å². The van der Waals surface area contributed by atoms with Crippen LogP contribution >= 0.6 is 7.82 Å². The number of allylic oxidation sites excluding steroid dienone is 10. The summed E-state index contributed by atoms with van der Waals surface area (Å²) in [6, 6.07) is 0. The summed E-state index contributed by atoms with van der Waals surface area (Å²) < 4.78 is 34.1. The number of esters is 2. The minimum Gasteiger partial charge on any atom is -0.756 e. The van der Waals surface area contributed by atoms with Crippen LogP contribution in [0.2, 0.25) is 0 Å². The molecule has 0 saturated carbocycles. The van der Waals surface area contributed by atoms with Gasteiger partial charge in [-0.05, 0) is 57.8 Å². The number of hydrogen-bond donors (Lipinski definition) is 0. The fraction of sp³-hybridized carbons (Fsp3) is 0.793. The molecule has 0 heterocycles. The summed E-state index contributed by atoms with van der Waals surface area (Å²) in [5.41, 5.74) is 0. The second-order valence-corrected chi connectivity index (χ2v) is 21.3. The first kappa shape index (κ1) is 65.7. The van der Waals surface area contributed by atoms with Crippen LogP contribution in [0, 0.1) is 0 Å². The maximum atomic E-state index is 12.8. The van der Waals surface area contributed by atoms with Crippen LogP contribution in [-0.4, -0.2) is 70.0 Å². The number of carbonyl (C=O) groups is 2. The van der Waals surface area contributed by atoms with E-state index < -0.39 is 26.5 Å². The van der Waals surface area contributed by atoms with Gasteiger partial charge < -0.3 is 27.9 Å². The van der Waals surface area contributed by atoms with Crippen LogP contribution in [0.5, 0.6) is 0 Å². The molecule has 2 unspecified atom stereocenters. The van der Waals surface area contributed by atoms with E-state index in [2.05, 4.69) is 74.6 Å². The van der Waals surface area contributed by atoms with Crippen molar-refractivity contribution in [3.8, 4) is 0 Å². The quantitative estimate of drug-likeness (QED) is 0.0195. The van der Waals surface area contributed by atoms with E-state index in [-0.39, 0.29) is 32.0 Å². The molecule has 0 aromatic heterocycles.